The molecule has 1 aromatic heterocycles. The van der Waals surface area contributed by atoms with Crippen LogP contribution in [0.4, 0.5) is 19.0 Å². The summed E-state index contributed by atoms with van der Waals surface area (Å²) in [5.41, 5.74) is 0.907. The van der Waals surface area contributed by atoms with Gasteiger partial charge in [0, 0.05) is 24.2 Å². The highest BCUT2D eigenvalue weighted by molar-refractivity contribution is 5.37. The van der Waals surface area contributed by atoms with E-state index < -0.39 is 12.8 Å². The monoisotopic (exact) mass is 303 g/mol. The minimum Gasteiger partial charge on any atom is -0.370 e. The SMILES string of the molecule is CCNc1cc(C2CCCC2)nc(COCC(F)(F)F)n1. The summed E-state index contributed by atoms with van der Waals surface area (Å²) in [7, 11) is 0. The first-order chi connectivity index (χ1) is 9.98. The van der Waals surface area contributed by atoms with Gasteiger partial charge >= 0.3 is 6.18 Å². The Kier molecular flexibility index (Phi) is 5.39. The fourth-order valence-electron chi connectivity index (χ4n) is 2.54. The van der Waals surface area contributed by atoms with Gasteiger partial charge in [-0.1, -0.05) is 12.8 Å². The van der Waals surface area contributed by atoms with Crippen LogP contribution in [0.2, 0.25) is 0 Å². The molecule has 0 amide bonds. The number of halogens is 3. The minimum absolute atomic E-state index is 0.224. The topological polar surface area (TPSA) is 47.0 Å². The first-order valence-corrected chi connectivity index (χ1v) is 7.24. The van der Waals surface area contributed by atoms with E-state index in [0.29, 0.717) is 24.1 Å². The van der Waals surface area contributed by atoms with E-state index in [-0.39, 0.29) is 6.61 Å². The van der Waals surface area contributed by atoms with Crippen molar-refractivity contribution in [3.8, 4) is 0 Å². The van der Waals surface area contributed by atoms with Crippen LogP contribution in [-0.4, -0.2) is 29.3 Å². The molecule has 2 rings (SSSR count). The summed E-state index contributed by atoms with van der Waals surface area (Å²) in [5, 5.41) is 3.09. The van der Waals surface area contributed by atoms with Crippen molar-refractivity contribution in [3.63, 3.8) is 0 Å². The third-order valence-corrected chi connectivity index (χ3v) is 3.42. The lowest BCUT2D eigenvalue weighted by atomic mass is 10.0. The largest absolute Gasteiger partial charge is 0.411 e. The van der Waals surface area contributed by atoms with Gasteiger partial charge in [0.25, 0.3) is 0 Å². The van der Waals surface area contributed by atoms with Gasteiger partial charge in [-0.25, -0.2) is 9.97 Å². The summed E-state index contributed by atoms with van der Waals surface area (Å²) in [6.07, 6.45) is 0.167. The number of ether oxygens (including phenoxy) is 1. The molecular formula is C14H20F3N3O. The summed E-state index contributed by atoms with van der Waals surface area (Å²) in [6.45, 7) is 1.14. The van der Waals surface area contributed by atoms with E-state index in [2.05, 4.69) is 20.0 Å². The zero-order valence-electron chi connectivity index (χ0n) is 12.0. The van der Waals surface area contributed by atoms with Gasteiger partial charge in [-0.15, -0.1) is 0 Å². The first-order valence-electron chi connectivity index (χ1n) is 7.24. The van der Waals surface area contributed by atoms with Gasteiger partial charge in [-0.3, -0.25) is 0 Å². The van der Waals surface area contributed by atoms with E-state index in [0.717, 1.165) is 18.5 Å². The van der Waals surface area contributed by atoms with Crippen molar-refractivity contribution in [1.29, 1.82) is 0 Å². The molecule has 4 nitrogen and oxygen atoms in total. The van der Waals surface area contributed by atoms with Crippen molar-refractivity contribution in [2.45, 2.75) is 51.3 Å². The van der Waals surface area contributed by atoms with Gasteiger partial charge in [0.15, 0.2) is 5.82 Å². The molecule has 0 saturated heterocycles. The minimum atomic E-state index is -4.33. The van der Waals surface area contributed by atoms with Crippen molar-refractivity contribution in [3.05, 3.63) is 17.6 Å². The molecule has 118 valence electrons. The maximum absolute atomic E-state index is 12.1. The van der Waals surface area contributed by atoms with Gasteiger partial charge in [-0.05, 0) is 19.8 Å². The highest BCUT2D eigenvalue weighted by Gasteiger charge is 2.27. The van der Waals surface area contributed by atoms with Crippen LogP contribution in [0.3, 0.4) is 0 Å². The number of hydrogen-bond acceptors (Lipinski definition) is 4. The van der Waals surface area contributed by atoms with Crippen LogP contribution in [0.1, 0.15) is 50.0 Å². The average molecular weight is 303 g/mol. The molecule has 1 aliphatic carbocycles. The molecule has 7 heteroatoms. The lowest BCUT2D eigenvalue weighted by molar-refractivity contribution is -0.177. The van der Waals surface area contributed by atoms with Crippen LogP contribution >= 0.6 is 0 Å². The Morgan fingerprint density at radius 3 is 2.62 bits per heavy atom. The summed E-state index contributed by atoms with van der Waals surface area (Å²) < 4.78 is 41.0. The Morgan fingerprint density at radius 2 is 2.00 bits per heavy atom. The molecule has 1 aliphatic rings. The molecule has 1 aromatic rings. The first kappa shape index (κ1) is 16.0. The molecule has 0 unspecified atom stereocenters. The second-order valence-electron chi connectivity index (χ2n) is 5.21. The Bertz CT molecular complexity index is 459. The second-order valence-corrected chi connectivity index (χ2v) is 5.21. The maximum atomic E-state index is 12.1. The number of nitrogens with zero attached hydrogens (tertiary/aromatic N) is 2. The number of anilines is 1. The highest BCUT2D eigenvalue weighted by atomic mass is 19.4. The summed E-state index contributed by atoms with van der Waals surface area (Å²) >= 11 is 0. The molecule has 21 heavy (non-hydrogen) atoms. The van der Waals surface area contributed by atoms with E-state index in [1.165, 1.54) is 12.8 Å². The van der Waals surface area contributed by atoms with E-state index in [1.807, 2.05) is 13.0 Å². The Labute approximate surface area is 122 Å². The Hall–Kier alpha value is -1.37. The Morgan fingerprint density at radius 1 is 1.29 bits per heavy atom. The van der Waals surface area contributed by atoms with Crippen LogP contribution in [-0.2, 0) is 11.3 Å². The molecule has 1 saturated carbocycles. The van der Waals surface area contributed by atoms with Gasteiger partial charge in [-0.2, -0.15) is 13.2 Å². The smallest absolute Gasteiger partial charge is 0.370 e. The zero-order chi connectivity index (χ0) is 15.3. The predicted molar refractivity (Wildman–Crippen MR) is 73.1 cm³/mol. The number of hydrogen-bond donors (Lipinski definition) is 1. The van der Waals surface area contributed by atoms with Gasteiger partial charge in [0.1, 0.15) is 19.0 Å². The van der Waals surface area contributed by atoms with E-state index in [1.54, 1.807) is 0 Å². The summed E-state index contributed by atoms with van der Waals surface area (Å²) in [6, 6.07) is 1.90. The molecule has 0 atom stereocenters. The van der Waals surface area contributed by atoms with E-state index in [9.17, 15) is 13.2 Å². The molecule has 0 aliphatic heterocycles. The van der Waals surface area contributed by atoms with Gasteiger partial charge in [0.2, 0.25) is 0 Å². The van der Waals surface area contributed by atoms with E-state index >= 15 is 0 Å². The molecule has 0 bridgehead atoms. The lowest BCUT2D eigenvalue weighted by Gasteiger charge is -2.13. The zero-order valence-corrected chi connectivity index (χ0v) is 12.0. The fourth-order valence-corrected chi connectivity index (χ4v) is 2.54. The van der Waals surface area contributed by atoms with Crippen molar-refractivity contribution in [2.24, 2.45) is 0 Å². The maximum Gasteiger partial charge on any atom is 0.411 e. The molecule has 0 spiro atoms. The quantitative estimate of drug-likeness (QED) is 0.871. The predicted octanol–water partition coefficient (Wildman–Crippen LogP) is 3.64. The van der Waals surface area contributed by atoms with Crippen LogP contribution in [0.5, 0.6) is 0 Å². The van der Waals surface area contributed by atoms with Gasteiger partial charge < -0.3 is 10.1 Å². The molecule has 1 N–H and O–H groups in total. The van der Waals surface area contributed by atoms with Crippen molar-refractivity contribution in [2.75, 3.05) is 18.5 Å². The van der Waals surface area contributed by atoms with Crippen molar-refractivity contribution < 1.29 is 17.9 Å². The van der Waals surface area contributed by atoms with Gasteiger partial charge in [0.05, 0.1) is 0 Å². The number of nitrogens with one attached hydrogen (secondary N) is 1. The van der Waals surface area contributed by atoms with Crippen LogP contribution in [0.15, 0.2) is 6.07 Å². The fraction of sp³-hybridized carbons (Fsp3) is 0.714. The number of rotatable bonds is 6. The standard InChI is InChI=1S/C14H20F3N3O/c1-2-18-12-7-11(10-5-3-4-6-10)19-13(20-12)8-21-9-14(15,16)17/h7,10H,2-6,8-9H2,1H3,(H,18,19,20). The molecule has 1 heterocycles. The highest BCUT2D eigenvalue weighted by Crippen LogP contribution is 2.33. The van der Waals surface area contributed by atoms with Crippen molar-refractivity contribution in [1.82, 2.24) is 9.97 Å². The number of alkyl halides is 3. The van der Waals surface area contributed by atoms with Crippen LogP contribution < -0.4 is 5.32 Å². The van der Waals surface area contributed by atoms with Crippen LogP contribution in [0.25, 0.3) is 0 Å². The molecular weight excluding hydrogens is 283 g/mol. The van der Waals surface area contributed by atoms with Crippen LogP contribution in [0, 0.1) is 0 Å². The molecule has 0 radical (unpaired) electrons. The summed E-state index contributed by atoms with van der Waals surface area (Å²) in [4.78, 5) is 8.57. The lowest BCUT2D eigenvalue weighted by Crippen LogP contribution is -2.18. The number of aromatic nitrogens is 2. The van der Waals surface area contributed by atoms with Crippen molar-refractivity contribution >= 4 is 5.82 Å². The molecule has 0 aromatic carbocycles. The average Bonchev–Trinajstić information content (AvgIpc) is 2.91. The third kappa shape index (κ3) is 5.15. The second kappa shape index (κ2) is 7.06. The Balaban J connectivity index is 2.07. The summed E-state index contributed by atoms with van der Waals surface area (Å²) in [5.74, 6) is 1.34. The van der Waals surface area contributed by atoms with E-state index in [4.69, 9.17) is 0 Å². The molecule has 1 fully saturated rings. The normalized spacial score (nSPS) is 16.4. The third-order valence-electron chi connectivity index (χ3n) is 3.42.